The fraction of sp³-hybridized carbons (Fsp3) is 0.438. The van der Waals surface area contributed by atoms with E-state index in [0.29, 0.717) is 30.4 Å². The zero-order chi connectivity index (χ0) is 17.5. The second-order valence-corrected chi connectivity index (χ2v) is 8.93. The van der Waals surface area contributed by atoms with E-state index in [1.165, 1.54) is 10.5 Å². The topological polar surface area (TPSA) is 81.2 Å². The van der Waals surface area contributed by atoms with Crippen molar-refractivity contribution in [2.24, 2.45) is 11.1 Å². The molecule has 6 nitrogen and oxygen atoms in total. The van der Waals surface area contributed by atoms with E-state index in [2.05, 4.69) is 5.10 Å². The summed E-state index contributed by atoms with van der Waals surface area (Å²) >= 11 is 5.90. The summed E-state index contributed by atoms with van der Waals surface area (Å²) in [5, 5.41) is 4.87. The summed E-state index contributed by atoms with van der Waals surface area (Å²) in [5.41, 5.74) is 6.98. The lowest BCUT2D eigenvalue weighted by Crippen LogP contribution is -2.34. The van der Waals surface area contributed by atoms with Crippen LogP contribution in [0.1, 0.15) is 19.0 Å². The SMILES string of the molecule is Cc1c(S(=O)(=O)N2CCC(C)(CN)C2)cnn1-c1ccc(Cl)cc1.Cl. The van der Waals surface area contributed by atoms with E-state index >= 15 is 0 Å². The maximum Gasteiger partial charge on any atom is 0.246 e. The van der Waals surface area contributed by atoms with E-state index in [1.807, 2.05) is 6.92 Å². The van der Waals surface area contributed by atoms with Crippen LogP contribution in [0.5, 0.6) is 0 Å². The van der Waals surface area contributed by atoms with Crippen LogP contribution < -0.4 is 5.73 Å². The van der Waals surface area contributed by atoms with Crippen LogP contribution in [-0.2, 0) is 10.0 Å². The summed E-state index contributed by atoms with van der Waals surface area (Å²) in [4.78, 5) is 0.235. The number of sulfonamides is 1. The summed E-state index contributed by atoms with van der Waals surface area (Å²) < 4.78 is 29.1. The van der Waals surface area contributed by atoms with Gasteiger partial charge in [0.1, 0.15) is 4.90 Å². The Hall–Kier alpha value is -1.12. The summed E-state index contributed by atoms with van der Waals surface area (Å²) in [7, 11) is -3.58. The summed E-state index contributed by atoms with van der Waals surface area (Å²) in [5.74, 6) is 0. The molecule has 0 bridgehead atoms. The third-order valence-corrected chi connectivity index (χ3v) is 6.87. The summed E-state index contributed by atoms with van der Waals surface area (Å²) in [6.07, 6.45) is 2.18. The van der Waals surface area contributed by atoms with Gasteiger partial charge in [-0.05, 0) is 49.6 Å². The van der Waals surface area contributed by atoms with E-state index in [0.717, 1.165) is 12.1 Å². The Labute approximate surface area is 159 Å². The largest absolute Gasteiger partial charge is 0.330 e. The first-order chi connectivity index (χ1) is 11.3. The molecular weight excluding hydrogens is 383 g/mol. The Morgan fingerprint density at radius 1 is 1.32 bits per heavy atom. The lowest BCUT2D eigenvalue weighted by Gasteiger charge is -2.22. The van der Waals surface area contributed by atoms with Crippen molar-refractivity contribution in [1.82, 2.24) is 14.1 Å². The number of nitrogens with zero attached hydrogens (tertiary/aromatic N) is 3. The maximum absolute atomic E-state index is 13.0. The van der Waals surface area contributed by atoms with Gasteiger partial charge < -0.3 is 5.73 Å². The van der Waals surface area contributed by atoms with Crippen LogP contribution in [0.15, 0.2) is 35.4 Å². The van der Waals surface area contributed by atoms with Crippen LogP contribution in [0.3, 0.4) is 0 Å². The second kappa shape index (κ2) is 7.25. The van der Waals surface area contributed by atoms with Crippen LogP contribution in [0, 0.1) is 12.3 Å². The minimum atomic E-state index is -3.58. The van der Waals surface area contributed by atoms with Crippen molar-refractivity contribution in [3.05, 3.63) is 41.2 Å². The molecule has 0 spiro atoms. The third kappa shape index (κ3) is 3.71. The molecule has 1 atom stereocenters. The van der Waals surface area contributed by atoms with Crippen molar-refractivity contribution in [2.75, 3.05) is 19.6 Å². The van der Waals surface area contributed by atoms with Crippen molar-refractivity contribution in [3.63, 3.8) is 0 Å². The number of benzene rings is 1. The Morgan fingerprint density at radius 3 is 2.52 bits per heavy atom. The molecule has 0 saturated carbocycles. The molecule has 1 unspecified atom stereocenters. The molecule has 2 heterocycles. The molecule has 1 saturated heterocycles. The number of hydrogen-bond donors (Lipinski definition) is 1. The number of rotatable bonds is 4. The monoisotopic (exact) mass is 404 g/mol. The average Bonchev–Trinajstić information content (AvgIpc) is 3.13. The maximum atomic E-state index is 13.0. The summed E-state index contributed by atoms with van der Waals surface area (Å²) in [6.45, 7) is 5.18. The predicted molar refractivity (Wildman–Crippen MR) is 101 cm³/mol. The molecule has 0 aliphatic carbocycles. The zero-order valence-corrected chi connectivity index (χ0v) is 16.5. The minimum Gasteiger partial charge on any atom is -0.330 e. The second-order valence-electron chi connectivity index (χ2n) is 6.59. The van der Waals surface area contributed by atoms with Gasteiger partial charge in [0.25, 0.3) is 0 Å². The molecule has 1 aliphatic heterocycles. The molecule has 1 aliphatic rings. The van der Waals surface area contributed by atoms with E-state index in [4.69, 9.17) is 17.3 Å². The first kappa shape index (κ1) is 20.2. The van der Waals surface area contributed by atoms with Gasteiger partial charge in [0, 0.05) is 18.1 Å². The van der Waals surface area contributed by atoms with E-state index in [1.54, 1.807) is 35.9 Å². The molecule has 1 aromatic heterocycles. The normalized spacial score (nSPS) is 21.3. The quantitative estimate of drug-likeness (QED) is 0.848. The zero-order valence-electron chi connectivity index (χ0n) is 14.1. The summed E-state index contributed by atoms with van der Waals surface area (Å²) in [6, 6.07) is 7.11. The smallest absolute Gasteiger partial charge is 0.246 e. The predicted octanol–water partition coefficient (Wildman–Crippen LogP) is 2.62. The van der Waals surface area contributed by atoms with Crippen molar-refractivity contribution in [2.45, 2.75) is 25.2 Å². The molecule has 1 aromatic carbocycles. The first-order valence-electron chi connectivity index (χ1n) is 7.78. The van der Waals surface area contributed by atoms with Crippen LogP contribution in [0.25, 0.3) is 5.69 Å². The third-order valence-electron chi connectivity index (χ3n) is 4.67. The Morgan fingerprint density at radius 2 is 1.96 bits per heavy atom. The van der Waals surface area contributed by atoms with Gasteiger partial charge in [-0.3, -0.25) is 0 Å². The van der Waals surface area contributed by atoms with Crippen LogP contribution in [0.4, 0.5) is 0 Å². The molecule has 0 radical (unpaired) electrons. The van der Waals surface area contributed by atoms with E-state index in [-0.39, 0.29) is 22.7 Å². The lowest BCUT2D eigenvalue weighted by atomic mass is 9.90. The number of hydrogen-bond acceptors (Lipinski definition) is 4. The highest BCUT2D eigenvalue weighted by Crippen LogP contribution is 2.33. The van der Waals surface area contributed by atoms with Gasteiger partial charge in [-0.15, -0.1) is 12.4 Å². The van der Waals surface area contributed by atoms with Crippen molar-refractivity contribution < 1.29 is 8.42 Å². The number of nitrogens with two attached hydrogens (primary N) is 1. The molecule has 25 heavy (non-hydrogen) atoms. The van der Waals surface area contributed by atoms with Crippen LogP contribution >= 0.6 is 24.0 Å². The molecule has 3 rings (SSSR count). The standard InChI is InChI=1S/C16H21ClN4O2S.ClH/c1-12-15(9-19-21(12)14-5-3-13(17)4-6-14)24(22,23)20-8-7-16(2,10-18)11-20;/h3-6,9H,7-8,10-11,18H2,1-2H3;1H. The molecule has 138 valence electrons. The Bertz CT molecular complexity index is 852. The molecule has 1 fully saturated rings. The lowest BCUT2D eigenvalue weighted by molar-refractivity contribution is 0.349. The minimum absolute atomic E-state index is 0. The van der Waals surface area contributed by atoms with Gasteiger partial charge in [0.15, 0.2) is 0 Å². The van der Waals surface area contributed by atoms with Gasteiger partial charge in [-0.1, -0.05) is 18.5 Å². The van der Waals surface area contributed by atoms with Crippen molar-refractivity contribution in [1.29, 1.82) is 0 Å². The average molecular weight is 405 g/mol. The molecule has 9 heteroatoms. The number of aromatic nitrogens is 2. The van der Waals surface area contributed by atoms with Gasteiger partial charge in [0.05, 0.1) is 17.6 Å². The van der Waals surface area contributed by atoms with E-state index < -0.39 is 10.0 Å². The highest BCUT2D eigenvalue weighted by atomic mass is 35.5. The van der Waals surface area contributed by atoms with E-state index in [9.17, 15) is 8.42 Å². The number of halogens is 2. The highest BCUT2D eigenvalue weighted by Gasteiger charge is 2.40. The van der Waals surface area contributed by atoms with Crippen LogP contribution in [0.2, 0.25) is 5.02 Å². The van der Waals surface area contributed by atoms with Gasteiger partial charge in [-0.2, -0.15) is 9.40 Å². The van der Waals surface area contributed by atoms with Crippen molar-refractivity contribution >= 4 is 34.0 Å². The molecule has 0 amide bonds. The van der Waals surface area contributed by atoms with Crippen LogP contribution in [-0.4, -0.2) is 42.1 Å². The highest BCUT2D eigenvalue weighted by molar-refractivity contribution is 7.89. The Kier molecular flexibility index (Phi) is 5.85. The Balaban J connectivity index is 0.00000225. The van der Waals surface area contributed by atoms with Gasteiger partial charge in [-0.25, -0.2) is 13.1 Å². The fourth-order valence-electron chi connectivity index (χ4n) is 2.98. The molecule has 2 aromatic rings. The molecular formula is C16H22Cl2N4O2S. The first-order valence-corrected chi connectivity index (χ1v) is 9.59. The van der Waals surface area contributed by atoms with Gasteiger partial charge >= 0.3 is 0 Å². The molecule has 2 N–H and O–H groups in total. The fourth-order valence-corrected chi connectivity index (χ4v) is 4.84. The van der Waals surface area contributed by atoms with Crippen molar-refractivity contribution in [3.8, 4) is 5.69 Å². The van der Waals surface area contributed by atoms with Gasteiger partial charge in [0.2, 0.25) is 10.0 Å².